The van der Waals surface area contributed by atoms with Gasteiger partial charge in [0.1, 0.15) is 22.6 Å². The fourth-order valence-electron chi connectivity index (χ4n) is 1.94. The molecule has 1 aromatic carbocycles. The van der Waals surface area contributed by atoms with Crippen LogP contribution in [0.1, 0.15) is 19.4 Å². The first-order valence-electron chi connectivity index (χ1n) is 6.93. The summed E-state index contributed by atoms with van der Waals surface area (Å²) in [6, 6.07) is -0.270. The largest absolute Gasteiger partial charge is 0.480 e. The number of carboxylic acids is 1. The van der Waals surface area contributed by atoms with Crippen molar-refractivity contribution in [2.75, 3.05) is 13.1 Å². The Kier molecular flexibility index (Phi) is 6.38. The highest BCUT2D eigenvalue weighted by molar-refractivity contribution is 7.89. The summed E-state index contributed by atoms with van der Waals surface area (Å²) in [4.78, 5) is 21.2. The maximum Gasteiger partial charge on any atom is 0.321 e. The van der Waals surface area contributed by atoms with Gasteiger partial charge in [0, 0.05) is 26.1 Å². The molecule has 0 aliphatic rings. The number of amides is 1. The lowest BCUT2D eigenvalue weighted by Crippen LogP contribution is -2.46. The third-order valence-electron chi connectivity index (χ3n) is 3.30. The average Bonchev–Trinajstić information content (AvgIpc) is 2.45. The maximum atomic E-state index is 13.9. The molecule has 2 N–H and O–H groups in total. The fourth-order valence-corrected chi connectivity index (χ4v) is 3.66. The minimum atomic E-state index is -4.55. The highest BCUT2D eigenvalue weighted by Gasteiger charge is 2.35. The molecule has 1 atom stereocenters. The third kappa shape index (κ3) is 4.48. The summed E-state index contributed by atoms with van der Waals surface area (Å²) in [5.41, 5.74) is -0.0974. The number of benzene rings is 1. The number of carbonyl (C=O) groups excluding carboxylic acids is 1. The van der Waals surface area contributed by atoms with Crippen LogP contribution in [0.5, 0.6) is 0 Å². The second-order valence-electron chi connectivity index (χ2n) is 5.14. The Labute approximate surface area is 138 Å². The zero-order valence-corrected chi connectivity index (χ0v) is 14.2. The van der Waals surface area contributed by atoms with Crippen LogP contribution in [0, 0.1) is 18.6 Å². The number of rotatable bonds is 7. The Balaban J connectivity index is 3.31. The molecule has 0 fully saturated rings. The number of hydrogen-bond acceptors (Lipinski definition) is 4. The van der Waals surface area contributed by atoms with Crippen molar-refractivity contribution in [1.82, 2.24) is 9.62 Å². The van der Waals surface area contributed by atoms with Crippen molar-refractivity contribution < 1.29 is 31.9 Å². The predicted octanol–water partition coefficient (Wildman–Crippen LogP) is 0.873. The maximum absolute atomic E-state index is 13.9. The molecule has 1 aromatic rings. The Bertz CT molecular complexity index is 752. The molecule has 10 heteroatoms. The standard InChI is InChI=1S/C14H18F2N2O5S/c1-8-6-13(12(16)7-11(8)15)24(22,23)18(9(2)14(20)21)5-4-17-10(3)19/h6-7,9H,4-5H2,1-3H3,(H,17,19)(H,20,21). The molecule has 0 aromatic heterocycles. The minimum Gasteiger partial charge on any atom is -0.480 e. The van der Waals surface area contributed by atoms with Crippen LogP contribution >= 0.6 is 0 Å². The van der Waals surface area contributed by atoms with Crippen molar-refractivity contribution in [3.05, 3.63) is 29.3 Å². The molecule has 1 unspecified atom stereocenters. The number of aryl methyl sites for hydroxylation is 1. The number of nitrogens with zero attached hydrogens (tertiary/aromatic N) is 1. The average molecular weight is 364 g/mol. The molecular formula is C14H18F2N2O5S. The number of aliphatic carboxylic acids is 1. The molecule has 134 valence electrons. The van der Waals surface area contributed by atoms with E-state index in [0.717, 1.165) is 13.0 Å². The van der Waals surface area contributed by atoms with E-state index in [1.807, 2.05) is 0 Å². The van der Waals surface area contributed by atoms with Crippen molar-refractivity contribution in [1.29, 1.82) is 0 Å². The summed E-state index contributed by atoms with van der Waals surface area (Å²) >= 11 is 0. The van der Waals surface area contributed by atoms with Crippen molar-refractivity contribution >= 4 is 21.9 Å². The van der Waals surface area contributed by atoms with Crippen LogP contribution in [-0.4, -0.2) is 48.8 Å². The van der Waals surface area contributed by atoms with Gasteiger partial charge in [-0.2, -0.15) is 4.31 Å². The molecule has 7 nitrogen and oxygen atoms in total. The molecule has 0 bridgehead atoms. The number of hydrogen-bond donors (Lipinski definition) is 2. The Morgan fingerprint density at radius 3 is 2.38 bits per heavy atom. The molecule has 0 spiro atoms. The lowest BCUT2D eigenvalue weighted by atomic mass is 10.2. The fraction of sp³-hybridized carbons (Fsp3) is 0.429. The van der Waals surface area contributed by atoms with Gasteiger partial charge in [0.2, 0.25) is 15.9 Å². The van der Waals surface area contributed by atoms with Crippen LogP contribution in [0.3, 0.4) is 0 Å². The van der Waals surface area contributed by atoms with E-state index in [4.69, 9.17) is 5.11 Å². The minimum absolute atomic E-state index is 0.0974. The normalized spacial score (nSPS) is 12.9. The van der Waals surface area contributed by atoms with Crippen LogP contribution in [0.25, 0.3) is 0 Å². The number of carbonyl (C=O) groups is 2. The summed E-state index contributed by atoms with van der Waals surface area (Å²) in [6.45, 7) is 3.04. The summed E-state index contributed by atoms with van der Waals surface area (Å²) in [5.74, 6) is -4.11. The van der Waals surface area contributed by atoms with Crippen molar-refractivity contribution in [3.8, 4) is 0 Å². The smallest absolute Gasteiger partial charge is 0.321 e. The van der Waals surface area contributed by atoms with Crippen LogP contribution in [-0.2, 0) is 19.6 Å². The first-order chi connectivity index (χ1) is 11.0. The van der Waals surface area contributed by atoms with Gasteiger partial charge >= 0.3 is 5.97 Å². The molecule has 0 aliphatic heterocycles. The Hall–Kier alpha value is -2.07. The molecule has 0 aliphatic carbocycles. The van der Waals surface area contributed by atoms with E-state index < -0.39 is 44.5 Å². The summed E-state index contributed by atoms with van der Waals surface area (Å²) < 4.78 is 53.1. The summed E-state index contributed by atoms with van der Waals surface area (Å²) in [5, 5.41) is 11.4. The monoisotopic (exact) mass is 364 g/mol. The molecule has 0 saturated carbocycles. The van der Waals surface area contributed by atoms with Gasteiger partial charge in [0.25, 0.3) is 0 Å². The van der Waals surface area contributed by atoms with Crippen molar-refractivity contribution in [3.63, 3.8) is 0 Å². The number of halogens is 2. The first-order valence-corrected chi connectivity index (χ1v) is 8.37. The molecule has 24 heavy (non-hydrogen) atoms. The lowest BCUT2D eigenvalue weighted by Gasteiger charge is -2.26. The lowest BCUT2D eigenvalue weighted by molar-refractivity contribution is -0.140. The number of sulfonamides is 1. The summed E-state index contributed by atoms with van der Waals surface area (Å²) in [6.07, 6.45) is 0. The van der Waals surface area contributed by atoms with Gasteiger partial charge in [-0.3, -0.25) is 9.59 Å². The van der Waals surface area contributed by atoms with E-state index in [9.17, 15) is 26.8 Å². The van der Waals surface area contributed by atoms with E-state index in [-0.39, 0.29) is 18.7 Å². The Morgan fingerprint density at radius 1 is 1.29 bits per heavy atom. The van der Waals surface area contributed by atoms with Gasteiger partial charge in [-0.15, -0.1) is 0 Å². The third-order valence-corrected chi connectivity index (χ3v) is 5.28. The van der Waals surface area contributed by atoms with E-state index in [2.05, 4.69) is 5.32 Å². The van der Waals surface area contributed by atoms with E-state index in [1.54, 1.807) is 0 Å². The van der Waals surface area contributed by atoms with E-state index in [0.29, 0.717) is 10.4 Å². The predicted molar refractivity (Wildman–Crippen MR) is 80.8 cm³/mol. The molecule has 0 heterocycles. The molecule has 1 amide bonds. The topological polar surface area (TPSA) is 104 Å². The van der Waals surface area contributed by atoms with Gasteiger partial charge in [0.15, 0.2) is 0 Å². The molecule has 0 radical (unpaired) electrons. The van der Waals surface area contributed by atoms with Crippen LogP contribution < -0.4 is 5.32 Å². The van der Waals surface area contributed by atoms with Crippen LogP contribution in [0.4, 0.5) is 8.78 Å². The van der Waals surface area contributed by atoms with Gasteiger partial charge in [-0.05, 0) is 25.5 Å². The number of nitrogens with one attached hydrogen (secondary N) is 1. The van der Waals surface area contributed by atoms with Gasteiger partial charge in [-0.25, -0.2) is 17.2 Å². The highest BCUT2D eigenvalue weighted by Crippen LogP contribution is 2.24. The van der Waals surface area contributed by atoms with Crippen molar-refractivity contribution in [2.24, 2.45) is 0 Å². The Morgan fingerprint density at radius 2 is 1.88 bits per heavy atom. The van der Waals surface area contributed by atoms with E-state index in [1.165, 1.54) is 13.8 Å². The van der Waals surface area contributed by atoms with Crippen molar-refractivity contribution in [2.45, 2.75) is 31.7 Å². The van der Waals surface area contributed by atoms with Crippen LogP contribution in [0.2, 0.25) is 0 Å². The molecule has 1 rings (SSSR count). The van der Waals surface area contributed by atoms with Gasteiger partial charge in [0.05, 0.1) is 0 Å². The quantitative estimate of drug-likeness (QED) is 0.747. The summed E-state index contributed by atoms with van der Waals surface area (Å²) in [7, 11) is -4.55. The first kappa shape index (κ1) is 20.0. The van der Waals surface area contributed by atoms with Gasteiger partial charge in [-0.1, -0.05) is 0 Å². The zero-order valence-electron chi connectivity index (χ0n) is 13.3. The number of carboxylic acid groups (broad SMARTS) is 1. The van der Waals surface area contributed by atoms with Gasteiger partial charge < -0.3 is 10.4 Å². The SMILES string of the molecule is CC(=O)NCCN(C(C)C(=O)O)S(=O)(=O)c1cc(C)c(F)cc1F. The van der Waals surface area contributed by atoms with Crippen LogP contribution in [0.15, 0.2) is 17.0 Å². The second-order valence-corrected chi connectivity index (χ2v) is 7.00. The zero-order chi connectivity index (χ0) is 18.7. The second kappa shape index (κ2) is 7.67. The van der Waals surface area contributed by atoms with E-state index >= 15 is 0 Å². The molecule has 0 saturated heterocycles. The highest BCUT2D eigenvalue weighted by atomic mass is 32.2. The molecular weight excluding hydrogens is 346 g/mol.